The van der Waals surface area contributed by atoms with E-state index in [9.17, 15) is 4.79 Å². The highest BCUT2D eigenvalue weighted by atomic mass is 35.5. The molecule has 1 aliphatic heterocycles. The molecule has 0 bridgehead atoms. The minimum atomic E-state index is -0.383. The number of carbonyl (C=O) groups is 1. The van der Waals surface area contributed by atoms with Gasteiger partial charge < -0.3 is 15.2 Å². The lowest BCUT2D eigenvalue weighted by Crippen LogP contribution is -2.23. The SMILES string of the molecule is COC(=O)COc1ccc(CN2C[C@@H](CN)[C@H](c3ccccc3)C2)cc1.Cl. The molecule has 5 nitrogen and oxygen atoms in total. The van der Waals surface area contributed by atoms with E-state index >= 15 is 0 Å². The number of methoxy groups -OCH3 is 1. The van der Waals surface area contributed by atoms with Gasteiger partial charge in [-0.25, -0.2) is 4.79 Å². The van der Waals surface area contributed by atoms with Gasteiger partial charge in [0.1, 0.15) is 5.75 Å². The van der Waals surface area contributed by atoms with E-state index in [1.807, 2.05) is 24.3 Å². The normalized spacial score (nSPS) is 19.3. The first-order valence-electron chi connectivity index (χ1n) is 8.95. The molecule has 0 aliphatic carbocycles. The van der Waals surface area contributed by atoms with E-state index in [0.717, 1.165) is 19.6 Å². The van der Waals surface area contributed by atoms with Crippen LogP contribution in [-0.4, -0.2) is 44.2 Å². The summed E-state index contributed by atoms with van der Waals surface area (Å²) in [7, 11) is 1.35. The molecule has 2 aromatic carbocycles. The Bertz CT molecular complexity index is 709. The summed E-state index contributed by atoms with van der Waals surface area (Å²) in [4.78, 5) is 13.6. The second kappa shape index (κ2) is 10.3. The number of hydrogen-bond donors (Lipinski definition) is 1. The molecule has 3 rings (SSSR count). The van der Waals surface area contributed by atoms with Crippen LogP contribution in [0.25, 0.3) is 0 Å². The fraction of sp³-hybridized carbons (Fsp3) is 0.381. The van der Waals surface area contributed by atoms with E-state index in [1.165, 1.54) is 18.2 Å². The molecule has 0 unspecified atom stereocenters. The third-order valence-electron chi connectivity index (χ3n) is 4.96. The van der Waals surface area contributed by atoms with Gasteiger partial charge in [-0.15, -0.1) is 12.4 Å². The van der Waals surface area contributed by atoms with Crippen LogP contribution in [0.1, 0.15) is 17.0 Å². The molecule has 0 amide bonds. The Kier molecular flexibility index (Phi) is 8.10. The number of hydrogen-bond acceptors (Lipinski definition) is 5. The fourth-order valence-electron chi connectivity index (χ4n) is 3.56. The summed E-state index contributed by atoms with van der Waals surface area (Å²) in [5, 5.41) is 0. The average Bonchev–Trinajstić information content (AvgIpc) is 3.10. The van der Waals surface area contributed by atoms with Crippen molar-refractivity contribution >= 4 is 18.4 Å². The van der Waals surface area contributed by atoms with Crippen molar-refractivity contribution < 1.29 is 14.3 Å². The van der Waals surface area contributed by atoms with Gasteiger partial charge in [0.05, 0.1) is 7.11 Å². The van der Waals surface area contributed by atoms with Gasteiger partial charge in [0.2, 0.25) is 0 Å². The fourth-order valence-corrected chi connectivity index (χ4v) is 3.56. The molecule has 1 saturated heterocycles. The van der Waals surface area contributed by atoms with Gasteiger partial charge in [-0.05, 0) is 35.7 Å². The predicted molar refractivity (Wildman–Crippen MR) is 108 cm³/mol. The van der Waals surface area contributed by atoms with E-state index < -0.39 is 0 Å². The van der Waals surface area contributed by atoms with Crippen LogP contribution < -0.4 is 10.5 Å². The quantitative estimate of drug-likeness (QED) is 0.736. The summed E-state index contributed by atoms with van der Waals surface area (Å²) < 4.78 is 9.96. The first-order valence-corrected chi connectivity index (χ1v) is 8.95. The molecule has 0 radical (unpaired) electrons. The number of nitrogens with two attached hydrogens (primary N) is 1. The third-order valence-corrected chi connectivity index (χ3v) is 4.96. The zero-order valence-electron chi connectivity index (χ0n) is 15.5. The van der Waals surface area contributed by atoms with Gasteiger partial charge in [-0.3, -0.25) is 4.90 Å². The Balaban J connectivity index is 0.00000261. The molecule has 146 valence electrons. The number of benzene rings is 2. The van der Waals surface area contributed by atoms with Crippen molar-refractivity contribution in [2.45, 2.75) is 12.5 Å². The van der Waals surface area contributed by atoms with Crippen LogP contribution in [0.3, 0.4) is 0 Å². The van der Waals surface area contributed by atoms with Gasteiger partial charge in [-0.2, -0.15) is 0 Å². The Morgan fingerprint density at radius 1 is 1.11 bits per heavy atom. The minimum absolute atomic E-state index is 0. The van der Waals surface area contributed by atoms with Crippen LogP contribution >= 0.6 is 12.4 Å². The minimum Gasteiger partial charge on any atom is -0.482 e. The van der Waals surface area contributed by atoms with Crippen molar-refractivity contribution in [1.82, 2.24) is 4.90 Å². The highest BCUT2D eigenvalue weighted by molar-refractivity contribution is 5.85. The molecule has 0 spiro atoms. The number of carbonyl (C=O) groups excluding carboxylic acids is 1. The third kappa shape index (κ3) is 5.70. The molecule has 0 aromatic heterocycles. The molecule has 0 saturated carbocycles. The van der Waals surface area contributed by atoms with Crippen LogP contribution in [0.15, 0.2) is 54.6 Å². The molecule has 27 heavy (non-hydrogen) atoms. The van der Waals surface area contributed by atoms with Crippen LogP contribution in [-0.2, 0) is 16.1 Å². The Labute approximate surface area is 166 Å². The number of esters is 1. The molecule has 2 aromatic rings. The van der Waals surface area contributed by atoms with Crippen molar-refractivity contribution in [2.24, 2.45) is 11.7 Å². The van der Waals surface area contributed by atoms with Crippen molar-refractivity contribution in [2.75, 3.05) is 33.4 Å². The second-order valence-corrected chi connectivity index (χ2v) is 6.72. The van der Waals surface area contributed by atoms with E-state index in [4.69, 9.17) is 10.5 Å². The van der Waals surface area contributed by atoms with Crippen LogP contribution in [0.2, 0.25) is 0 Å². The second-order valence-electron chi connectivity index (χ2n) is 6.72. The number of rotatable bonds is 7. The lowest BCUT2D eigenvalue weighted by atomic mass is 9.89. The summed E-state index contributed by atoms with van der Waals surface area (Å²) in [6.45, 7) is 3.55. The van der Waals surface area contributed by atoms with E-state index in [2.05, 4.69) is 40.0 Å². The summed E-state index contributed by atoms with van der Waals surface area (Å²) in [6.07, 6.45) is 0. The largest absolute Gasteiger partial charge is 0.482 e. The summed E-state index contributed by atoms with van der Waals surface area (Å²) in [5.74, 6) is 1.26. The van der Waals surface area contributed by atoms with Crippen LogP contribution in [0, 0.1) is 5.92 Å². The summed E-state index contributed by atoms with van der Waals surface area (Å²) in [6, 6.07) is 18.5. The van der Waals surface area contributed by atoms with Gasteiger partial charge in [0.15, 0.2) is 6.61 Å². The zero-order chi connectivity index (χ0) is 18.4. The predicted octanol–water partition coefficient (Wildman–Crippen LogP) is 2.83. The standard InChI is InChI=1S/C21H26N2O3.ClH/c1-25-21(24)15-26-19-9-7-16(8-10-19)12-23-13-18(11-22)20(14-23)17-5-3-2-4-6-17;/h2-10,18,20H,11-15,22H2,1H3;1H/t18-,20+;/m1./s1. The maximum Gasteiger partial charge on any atom is 0.343 e. The first-order chi connectivity index (χ1) is 12.7. The number of nitrogens with zero attached hydrogens (tertiary/aromatic N) is 1. The average molecular weight is 391 g/mol. The summed E-state index contributed by atoms with van der Waals surface area (Å²) in [5.41, 5.74) is 8.62. The lowest BCUT2D eigenvalue weighted by Gasteiger charge is -2.17. The molecular formula is C21H27ClN2O3. The van der Waals surface area contributed by atoms with Gasteiger partial charge in [-0.1, -0.05) is 42.5 Å². The smallest absolute Gasteiger partial charge is 0.343 e. The maximum absolute atomic E-state index is 11.1. The van der Waals surface area contributed by atoms with Gasteiger partial charge in [0.25, 0.3) is 0 Å². The van der Waals surface area contributed by atoms with Crippen molar-refractivity contribution in [1.29, 1.82) is 0 Å². The molecule has 2 N–H and O–H groups in total. The van der Waals surface area contributed by atoms with Crippen molar-refractivity contribution in [3.8, 4) is 5.75 Å². The molecular weight excluding hydrogens is 364 g/mol. The number of likely N-dealkylation sites (tertiary alicyclic amines) is 1. The Hall–Kier alpha value is -2.08. The van der Waals surface area contributed by atoms with E-state index in [-0.39, 0.29) is 25.0 Å². The van der Waals surface area contributed by atoms with Gasteiger partial charge >= 0.3 is 5.97 Å². The van der Waals surface area contributed by atoms with E-state index in [0.29, 0.717) is 24.1 Å². The first kappa shape index (κ1) is 21.2. The van der Waals surface area contributed by atoms with Crippen molar-refractivity contribution in [3.05, 3.63) is 65.7 Å². The monoisotopic (exact) mass is 390 g/mol. The number of ether oxygens (including phenoxy) is 2. The molecule has 6 heteroatoms. The van der Waals surface area contributed by atoms with Crippen molar-refractivity contribution in [3.63, 3.8) is 0 Å². The Morgan fingerprint density at radius 3 is 2.44 bits per heavy atom. The molecule has 1 fully saturated rings. The molecule has 1 heterocycles. The van der Waals surface area contributed by atoms with Crippen LogP contribution in [0.4, 0.5) is 0 Å². The summed E-state index contributed by atoms with van der Waals surface area (Å²) >= 11 is 0. The molecule has 1 aliphatic rings. The van der Waals surface area contributed by atoms with Crippen LogP contribution in [0.5, 0.6) is 5.75 Å². The Morgan fingerprint density at radius 2 is 1.81 bits per heavy atom. The molecule has 2 atom stereocenters. The topological polar surface area (TPSA) is 64.8 Å². The number of halogens is 1. The highest BCUT2D eigenvalue weighted by Crippen LogP contribution is 2.32. The van der Waals surface area contributed by atoms with Gasteiger partial charge in [0, 0.05) is 25.6 Å². The highest BCUT2D eigenvalue weighted by Gasteiger charge is 2.32. The van der Waals surface area contributed by atoms with E-state index in [1.54, 1.807) is 0 Å². The zero-order valence-corrected chi connectivity index (χ0v) is 16.4. The maximum atomic E-state index is 11.1. The lowest BCUT2D eigenvalue weighted by molar-refractivity contribution is -0.142.